The first-order chi connectivity index (χ1) is 13.1. The molecule has 2 aromatic carbocycles. The van der Waals surface area contributed by atoms with E-state index in [0.717, 1.165) is 29.5 Å². The number of aromatic nitrogens is 1. The van der Waals surface area contributed by atoms with Gasteiger partial charge in [-0.05, 0) is 55.0 Å². The van der Waals surface area contributed by atoms with Gasteiger partial charge in [-0.25, -0.2) is 4.39 Å². The highest BCUT2D eigenvalue weighted by Crippen LogP contribution is 2.37. The Balaban J connectivity index is 1.40. The van der Waals surface area contributed by atoms with Gasteiger partial charge < -0.3 is 5.32 Å². The summed E-state index contributed by atoms with van der Waals surface area (Å²) in [5.74, 6) is -0.0125. The van der Waals surface area contributed by atoms with Crippen LogP contribution in [0.15, 0.2) is 67.0 Å². The predicted molar refractivity (Wildman–Crippen MR) is 104 cm³/mol. The Morgan fingerprint density at radius 2 is 1.85 bits per heavy atom. The lowest BCUT2D eigenvalue weighted by molar-refractivity contribution is 0.0908. The fourth-order valence-corrected chi connectivity index (χ4v) is 3.58. The van der Waals surface area contributed by atoms with Crippen molar-refractivity contribution in [1.82, 2.24) is 10.3 Å². The number of hydrogen-bond acceptors (Lipinski definition) is 2. The number of amides is 1. The summed E-state index contributed by atoms with van der Waals surface area (Å²) in [4.78, 5) is 16.8. The molecule has 136 valence electrons. The summed E-state index contributed by atoms with van der Waals surface area (Å²) >= 11 is 0. The number of nitrogens with one attached hydrogen (secondary N) is 1. The number of carbonyl (C=O) groups is 1. The van der Waals surface area contributed by atoms with Gasteiger partial charge in [-0.2, -0.15) is 0 Å². The van der Waals surface area contributed by atoms with Gasteiger partial charge in [0.25, 0.3) is 5.91 Å². The minimum atomic E-state index is -0.209. The van der Waals surface area contributed by atoms with Crippen molar-refractivity contribution in [3.63, 3.8) is 0 Å². The summed E-state index contributed by atoms with van der Waals surface area (Å²) < 4.78 is 13.3. The Kier molecular flexibility index (Phi) is 4.71. The predicted octanol–water partition coefficient (Wildman–Crippen LogP) is 4.87. The van der Waals surface area contributed by atoms with E-state index in [1.807, 2.05) is 37.3 Å². The third-order valence-electron chi connectivity index (χ3n) is 5.15. The third-order valence-corrected chi connectivity index (χ3v) is 5.15. The molecule has 3 aromatic rings. The van der Waals surface area contributed by atoms with E-state index in [1.54, 1.807) is 24.5 Å². The second kappa shape index (κ2) is 7.31. The molecule has 0 spiro atoms. The fraction of sp³-hybridized carbons (Fsp3) is 0.217. The lowest BCUT2D eigenvalue weighted by atomic mass is 9.76. The summed E-state index contributed by atoms with van der Waals surface area (Å²) in [6.45, 7) is 2.04. The van der Waals surface area contributed by atoms with Crippen LogP contribution in [0.4, 0.5) is 4.39 Å². The molecule has 0 aliphatic heterocycles. The van der Waals surface area contributed by atoms with Crippen LogP contribution < -0.4 is 5.32 Å². The first-order valence-electron chi connectivity index (χ1n) is 9.17. The van der Waals surface area contributed by atoms with Crippen LogP contribution in [-0.4, -0.2) is 16.9 Å². The number of rotatable bonds is 4. The SMILES string of the molecule is Cc1cccc(-c2cncc(C(=O)NC3CC(c4cccc(F)c4)C3)c2)c1. The lowest BCUT2D eigenvalue weighted by Gasteiger charge is -2.36. The van der Waals surface area contributed by atoms with Gasteiger partial charge in [0.2, 0.25) is 0 Å². The maximum absolute atomic E-state index is 13.3. The van der Waals surface area contributed by atoms with Crippen LogP contribution in [-0.2, 0) is 0 Å². The molecule has 0 radical (unpaired) electrons. The molecule has 1 aliphatic rings. The van der Waals surface area contributed by atoms with E-state index in [2.05, 4.69) is 16.4 Å². The van der Waals surface area contributed by atoms with Crippen LogP contribution in [0.3, 0.4) is 0 Å². The Morgan fingerprint density at radius 3 is 2.63 bits per heavy atom. The molecule has 1 aliphatic carbocycles. The summed E-state index contributed by atoms with van der Waals surface area (Å²) in [6, 6.07) is 16.8. The number of halogens is 1. The molecule has 0 atom stereocenters. The van der Waals surface area contributed by atoms with Crippen molar-refractivity contribution in [1.29, 1.82) is 0 Å². The lowest BCUT2D eigenvalue weighted by Crippen LogP contribution is -2.43. The van der Waals surface area contributed by atoms with Crippen molar-refractivity contribution in [2.45, 2.75) is 31.7 Å². The quantitative estimate of drug-likeness (QED) is 0.721. The Labute approximate surface area is 158 Å². The van der Waals surface area contributed by atoms with Crippen molar-refractivity contribution in [3.05, 3.63) is 89.5 Å². The molecule has 1 saturated carbocycles. The molecule has 0 bridgehead atoms. The van der Waals surface area contributed by atoms with Crippen LogP contribution in [0.5, 0.6) is 0 Å². The van der Waals surface area contributed by atoms with E-state index in [4.69, 9.17) is 0 Å². The first kappa shape index (κ1) is 17.4. The molecule has 0 unspecified atom stereocenters. The molecule has 4 heteroatoms. The van der Waals surface area contributed by atoms with Crippen molar-refractivity contribution >= 4 is 5.91 Å². The molecule has 4 rings (SSSR count). The van der Waals surface area contributed by atoms with Crippen molar-refractivity contribution in [3.8, 4) is 11.1 Å². The van der Waals surface area contributed by atoms with Gasteiger partial charge in [0.15, 0.2) is 0 Å². The van der Waals surface area contributed by atoms with E-state index in [0.29, 0.717) is 11.5 Å². The van der Waals surface area contributed by atoms with Gasteiger partial charge in [0.1, 0.15) is 5.82 Å². The van der Waals surface area contributed by atoms with Gasteiger partial charge in [0, 0.05) is 24.0 Å². The van der Waals surface area contributed by atoms with E-state index in [1.165, 1.54) is 11.6 Å². The molecule has 3 nitrogen and oxygen atoms in total. The standard InChI is InChI=1S/C23H21FN2O/c1-15-4-2-5-16(8-15)19-9-20(14-25-13-19)23(27)26-22-11-18(12-22)17-6-3-7-21(24)10-17/h2-10,13-14,18,22H,11-12H2,1H3,(H,26,27). The van der Waals surface area contributed by atoms with Gasteiger partial charge in [-0.15, -0.1) is 0 Å². The molecule has 1 N–H and O–H groups in total. The van der Waals surface area contributed by atoms with Crippen LogP contribution in [0.1, 0.15) is 40.2 Å². The molecule has 1 aromatic heterocycles. The number of carbonyl (C=O) groups excluding carboxylic acids is 1. The molecule has 1 fully saturated rings. The van der Waals surface area contributed by atoms with Gasteiger partial charge in [-0.1, -0.05) is 42.0 Å². The average molecular weight is 360 g/mol. The largest absolute Gasteiger partial charge is 0.349 e. The smallest absolute Gasteiger partial charge is 0.253 e. The Morgan fingerprint density at radius 1 is 1.04 bits per heavy atom. The maximum atomic E-state index is 13.3. The number of pyridine rings is 1. The van der Waals surface area contributed by atoms with Crippen molar-refractivity contribution < 1.29 is 9.18 Å². The zero-order valence-electron chi connectivity index (χ0n) is 15.2. The summed E-state index contributed by atoms with van der Waals surface area (Å²) in [7, 11) is 0. The van der Waals surface area contributed by atoms with Crippen LogP contribution in [0, 0.1) is 12.7 Å². The average Bonchev–Trinajstić information content (AvgIpc) is 2.64. The van der Waals surface area contributed by atoms with Gasteiger partial charge in [0.05, 0.1) is 5.56 Å². The second-order valence-corrected chi connectivity index (χ2v) is 7.23. The molecule has 27 heavy (non-hydrogen) atoms. The zero-order valence-corrected chi connectivity index (χ0v) is 15.2. The van der Waals surface area contributed by atoms with Crippen molar-refractivity contribution in [2.75, 3.05) is 0 Å². The Hall–Kier alpha value is -3.01. The topological polar surface area (TPSA) is 42.0 Å². The van der Waals surface area contributed by atoms with Crippen LogP contribution in [0.2, 0.25) is 0 Å². The second-order valence-electron chi connectivity index (χ2n) is 7.23. The van der Waals surface area contributed by atoms with Crippen molar-refractivity contribution in [2.24, 2.45) is 0 Å². The number of benzene rings is 2. The highest BCUT2D eigenvalue weighted by atomic mass is 19.1. The summed E-state index contributed by atoms with van der Waals surface area (Å²) in [5, 5.41) is 3.06. The normalized spacial score (nSPS) is 18.6. The molecule has 0 saturated heterocycles. The van der Waals surface area contributed by atoms with E-state index >= 15 is 0 Å². The monoisotopic (exact) mass is 360 g/mol. The molecular formula is C23H21FN2O. The molecule has 1 amide bonds. The highest BCUT2D eigenvalue weighted by molar-refractivity contribution is 5.95. The number of aryl methyl sites for hydroxylation is 1. The van der Waals surface area contributed by atoms with Crippen LogP contribution >= 0.6 is 0 Å². The van der Waals surface area contributed by atoms with Crippen LogP contribution in [0.25, 0.3) is 11.1 Å². The minimum absolute atomic E-state index is 0.111. The van der Waals surface area contributed by atoms with Gasteiger partial charge in [-0.3, -0.25) is 9.78 Å². The summed E-state index contributed by atoms with van der Waals surface area (Å²) in [6.07, 6.45) is 5.03. The minimum Gasteiger partial charge on any atom is -0.349 e. The number of hydrogen-bond donors (Lipinski definition) is 1. The van der Waals surface area contributed by atoms with E-state index in [-0.39, 0.29) is 17.8 Å². The highest BCUT2D eigenvalue weighted by Gasteiger charge is 2.31. The third kappa shape index (κ3) is 3.90. The fourth-order valence-electron chi connectivity index (χ4n) is 3.58. The number of nitrogens with zero attached hydrogens (tertiary/aromatic N) is 1. The maximum Gasteiger partial charge on any atom is 0.253 e. The van der Waals surface area contributed by atoms with E-state index < -0.39 is 0 Å². The molecular weight excluding hydrogens is 339 g/mol. The summed E-state index contributed by atoms with van der Waals surface area (Å²) in [5.41, 5.74) is 4.71. The van der Waals surface area contributed by atoms with E-state index in [9.17, 15) is 9.18 Å². The Bertz CT molecular complexity index is 979. The first-order valence-corrected chi connectivity index (χ1v) is 9.17. The van der Waals surface area contributed by atoms with Gasteiger partial charge >= 0.3 is 0 Å². The molecule has 1 heterocycles. The zero-order chi connectivity index (χ0) is 18.8.